The standard InChI is InChI=1S/C10H20BrNO2/c1-5-6-7-8-12(11)9(13)14-10(2,3)4/h5-8H2,1-4H3. The van der Waals surface area contributed by atoms with Gasteiger partial charge >= 0.3 is 6.09 Å². The highest BCUT2D eigenvalue weighted by Crippen LogP contribution is 2.13. The van der Waals surface area contributed by atoms with Gasteiger partial charge in [-0.2, -0.15) is 0 Å². The Morgan fingerprint density at radius 3 is 2.36 bits per heavy atom. The van der Waals surface area contributed by atoms with Gasteiger partial charge in [0.05, 0.1) is 16.1 Å². The van der Waals surface area contributed by atoms with Gasteiger partial charge in [-0.3, -0.25) is 0 Å². The van der Waals surface area contributed by atoms with E-state index >= 15 is 0 Å². The van der Waals surface area contributed by atoms with Gasteiger partial charge in [-0.25, -0.2) is 8.72 Å². The van der Waals surface area contributed by atoms with Gasteiger partial charge in [0.1, 0.15) is 5.60 Å². The first-order valence-corrected chi connectivity index (χ1v) is 5.74. The van der Waals surface area contributed by atoms with Gasteiger partial charge in [0.25, 0.3) is 0 Å². The predicted molar refractivity (Wildman–Crippen MR) is 61.4 cm³/mol. The molecule has 0 aliphatic carbocycles. The van der Waals surface area contributed by atoms with Gasteiger partial charge in [-0.1, -0.05) is 19.8 Å². The van der Waals surface area contributed by atoms with Crippen LogP contribution < -0.4 is 0 Å². The third-order valence-electron chi connectivity index (χ3n) is 1.55. The largest absolute Gasteiger partial charge is 0.443 e. The number of halogens is 1. The molecule has 0 aromatic heterocycles. The monoisotopic (exact) mass is 265 g/mol. The van der Waals surface area contributed by atoms with Gasteiger partial charge in [0.2, 0.25) is 0 Å². The molecule has 3 nitrogen and oxygen atoms in total. The topological polar surface area (TPSA) is 29.5 Å². The normalized spacial score (nSPS) is 11.2. The summed E-state index contributed by atoms with van der Waals surface area (Å²) in [5, 5.41) is 0. The van der Waals surface area contributed by atoms with E-state index in [2.05, 4.69) is 23.1 Å². The van der Waals surface area contributed by atoms with Crippen LogP contribution >= 0.6 is 16.1 Å². The molecule has 0 saturated heterocycles. The van der Waals surface area contributed by atoms with Crippen molar-refractivity contribution in [1.82, 2.24) is 3.93 Å². The Morgan fingerprint density at radius 2 is 1.93 bits per heavy atom. The number of ether oxygens (including phenoxy) is 1. The third kappa shape index (κ3) is 7.18. The molecule has 0 aliphatic rings. The summed E-state index contributed by atoms with van der Waals surface area (Å²) in [6.45, 7) is 8.40. The predicted octanol–water partition coefficient (Wildman–Crippen LogP) is 3.72. The van der Waals surface area contributed by atoms with Gasteiger partial charge in [0.15, 0.2) is 0 Å². The molecule has 0 heterocycles. The molecule has 14 heavy (non-hydrogen) atoms. The number of rotatable bonds is 4. The van der Waals surface area contributed by atoms with E-state index in [0.717, 1.165) is 19.3 Å². The highest BCUT2D eigenvalue weighted by Gasteiger charge is 2.19. The molecule has 0 aliphatic heterocycles. The summed E-state index contributed by atoms with van der Waals surface area (Å²) in [4.78, 5) is 11.4. The van der Waals surface area contributed by atoms with Crippen molar-refractivity contribution in [2.45, 2.75) is 52.6 Å². The average molecular weight is 266 g/mol. The van der Waals surface area contributed by atoms with Crippen molar-refractivity contribution >= 4 is 22.2 Å². The van der Waals surface area contributed by atoms with E-state index in [0.29, 0.717) is 6.54 Å². The molecule has 0 N–H and O–H groups in total. The Morgan fingerprint density at radius 1 is 1.36 bits per heavy atom. The van der Waals surface area contributed by atoms with Crippen LogP contribution in [-0.4, -0.2) is 22.2 Å². The lowest BCUT2D eigenvalue weighted by atomic mass is 10.2. The maximum atomic E-state index is 11.4. The molecule has 0 aromatic rings. The van der Waals surface area contributed by atoms with Crippen molar-refractivity contribution in [1.29, 1.82) is 0 Å². The first-order valence-electron chi connectivity index (χ1n) is 5.03. The molecule has 0 unspecified atom stereocenters. The van der Waals surface area contributed by atoms with E-state index in [4.69, 9.17) is 4.74 Å². The SMILES string of the molecule is CCCCCN(Br)C(=O)OC(C)(C)C. The molecule has 0 aromatic carbocycles. The van der Waals surface area contributed by atoms with Gasteiger partial charge in [0, 0.05) is 6.54 Å². The van der Waals surface area contributed by atoms with Crippen molar-refractivity contribution in [2.75, 3.05) is 6.54 Å². The smallest absolute Gasteiger partial charge is 0.420 e. The lowest BCUT2D eigenvalue weighted by molar-refractivity contribution is 0.0413. The number of hydrogen-bond donors (Lipinski definition) is 0. The second-order valence-electron chi connectivity index (χ2n) is 4.27. The Hall–Kier alpha value is -0.250. The van der Waals surface area contributed by atoms with Crippen molar-refractivity contribution in [3.63, 3.8) is 0 Å². The molecule has 0 rings (SSSR count). The molecule has 0 saturated carbocycles. The minimum atomic E-state index is -0.423. The molecule has 4 heteroatoms. The van der Waals surface area contributed by atoms with Crippen molar-refractivity contribution in [2.24, 2.45) is 0 Å². The van der Waals surface area contributed by atoms with E-state index in [1.54, 1.807) is 0 Å². The van der Waals surface area contributed by atoms with Crippen LogP contribution in [0.1, 0.15) is 47.0 Å². The maximum Gasteiger partial charge on any atom is 0.420 e. The number of carbonyl (C=O) groups excluding carboxylic acids is 1. The van der Waals surface area contributed by atoms with E-state index in [1.807, 2.05) is 20.8 Å². The lowest BCUT2D eigenvalue weighted by Gasteiger charge is -2.23. The van der Waals surface area contributed by atoms with Crippen molar-refractivity contribution in [3.05, 3.63) is 0 Å². The van der Waals surface area contributed by atoms with Crippen LogP contribution in [-0.2, 0) is 4.74 Å². The molecule has 0 bridgehead atoms. The van der Waals surface area contributed by atoms with E-state index < -0.39 is 5.60 Å². The Labute approximate surface area is 95.1 Å². The fourth-order valence-corrected chi connectivity index (χ4v) is 1.23. The molecule has 0 radical (unpaired) electrons. The molecule has 84 valence electrons. The van der Waals surface area contributed by atoms with Crippen molar-refractivity contribution in [3.8, 4) is 0 Å². The summed E-state index contributed by atoms with van der Waals surface area (Å²) in [6.07, 6.45) is 2.97. The van der Waals surface area contributed by atoms with E-state index in [-0.39, 0.29) is 6.09 Å². The zero-order valence-corrected chi connectivity index (χ0v) is 11.1. The summed E-state index contributed by atoms with van der Waals surface area (Å²) in [5.41, 5.74) is -0.423. The summed E-state index contributed by atoms with van der Waals surface area (Å²) in [6, 6.07) is 0. The molecule has 0 spiro atoms. The lowest BCUT2D eigenvalue weighted by Crippen LogP contribution is -2.31. The van der Waals surface area contributed by atoms with Crippen LogP contribution in [0.4, 0.5) is 4.79 Å². The molecular weight excluding hydrogens is 246 g/mol. The van der Waals surface area contributed by atoms with Crippen LogP contribution in [0.2, 0.25) is 0 Å². The number of carbonyl (C=O) groups is 1. The fraction of sp³-hybridized carbons (Fsp3) is 0.900. The second-order valence-corrected chi connectivity index (χ2v) is 5.13. The number of nitrogens with zero attached hydrogens (tertiary/aromatic N) is 1. The Balaban J connectivity index is 3.77. The number of unbranched alkanes of at least 4 members (excludes halogenated alkanes) is 2. The fourth-order valence-electron chi connectivity index (χ4n) is 0.903. The van der Waals surface area contributed by atoms with Crippen molar-refractivity contribution < 1.29 is 9.53 Å². The Bertz CT molecular complexity index is 177. The summed E-state index contributed by atoms with van der Waals surface area (Å²) < 4.78 is 6.62. The van der Waals surface area contributed by atoms with Crippen LogP contribution in [0.5, 0.6) is 0 Å². The molecule has 0 atom stereocenters. The minimum absolute atomic E-state index is 0.311. The van der Waals surface area contributed by atoms with E-state index in [9.17, 15) is 4.79 Å². The highest BCUT2D eigenvalue weighted by atomic mass is 79.9. The third-order valence-corrected chi connectivity index (χ3v) is 2.19. The quantitative estimate of drug-likeness (QED) is 0.573. The Kier molecular flexibility index (Phi) is 6.16. The molecular formula is C10H20BrNO2. The zero-order valence-electron chi connectivity index (χ0n) is 9.47. The number of amides is 1. The summed E-state index contributed by atoms with van der Waals surface area (Å²) >= 11 is 3.18. The highest BCUT2D eigenvalue weighted by molar-refractivity contribution is 9.07. The van der Waals surface area contributed by atoms with Crippen LogP contribution in [0.3, 0.4) is 0 Å². The maximum absolute atomic E-state index is 11.4. The number of hydrogen-bond acceptors (Lipinski definition) is 2. The minimum Gasteiger partial charge on any atom is -0.443 e. The zero-order chi connectivity index (χ0) is 11.2. The summed E-state index contributed by atoms with van der Waals surface area (Å²) in [7, 11) is 0. The first-order chi connectivity index (χ1) is 6.37. The molecule has 0 fully saturated rings. The van der Waals surface area contributed by atoms with Gasteiger partial charge in [-0.05, 0) is 27.2 Å². The van der Waals surface area contributed by atoms with Crippen LogP contribution in [0, 0.1) is 0 Å². The van der Waals surface area contributed by atoms with Gasteiger partial charge < -0.3 is 4.74 Å². The van der Waals surface area contributed by atoms with Crippen LogP contribution in [0.15, 0.2) is 0 Å². The van der Waals surface area contributed by atoms with Gasteiger partial charge in [-0.15, -0.1) is 0 Å². The first kappa shape index (κ1) is 13.8. The second kappa shape index (κ2) is 6.27. The van der Waals surface area contributed by atoms with E-state index in [1.165, 1.54) is 3.93 Å². The van der Waals surface area contributed by atoms with Crippen LogP contribution in [0.25, 0.3) is 0 Å². The molecule has 1 amide bonds. The summed E-state index contributed by atoms with van der Waals surface area (Å²) in [5.74, 6) is 0. The average Bonchev–Trinajstić information content (AvgIpc) is 2.01.